The van der Waals surface area contributed by atoms with Crippen LogP contribution in [0.2, 0.25) is 5.02 Å². The Morgan fingerprint density at radius 3 is 2.71 bits per heavy atom. The van der Waals surface area contributed by atoms with E-state index < -0.39 is 5.60 Å². The number of halogens is 1. The van der Waals surface area contributed by atoms with Crippen molar-refractivity contribution in [3.05, 3.63) is 53.1 Å². The maximum absolute atomic E-state index is 13.7. The van der Waals surface area contributed by atoms with Crippen molar-refractivity contribution in [3.8, 4) is 6.07 Å². The van der Waals surface area contributed by atoms with Gasteiger partial charge in [0.25, 0.3) is 5.91 Å². The summed E-state index contributed by atoms with van der Waals surface area (Å²) in [7, 11) is 0. The lowest BCUT2D eigenvalue weighted by molar-refractivity contribution is -0.148. The monoisotopic (exact) mass is 536 g/mol. The average molecular weight is 537 g/mol. The molecule has 0 unspecified atom stereocenters. The zero-order chi connectivity index (χ0) is 27.3. The van der Waals surface area contributed by atoms with Gasteiger partial charge in [-0.2, -0.15) is 5.26 Å². The third-order valence-electron chi connectivity index (χ3n) is 6.74. The van der Waals surface area contributed by atoms with Gasteiger partial charge in [-0.25, -0.2) is 4.98 Å². The van der Waals surface area contributed by atoms with Crippen molar-refractivity contribution in [1.29, 1.82) is 5.26 Å². The van der Waals surface area contributed by atoms with E-state index in [-0.39, 0.29) is 24.8 Å². The van der Waals surface area contributed by atoms with E-state index in [1.165, 1.54) is 13.8 Å². The fourth-order valence-corrected chi connectivity index (χ4v) is 5.04. The third kappa shape index (κ3) is 6.32. The highest BCUT2D eigenvalue weighted by molar-refractivity contribution is 6.31. The molecule has 0 atom stereocenters. The van der Waals surface area contributed by atoms with Crippen LogP contribution in [0.1, 0.15) is 57.3 Å². The molecule has 0 fully saturated rings. The summed E-state index contributed by atoms with van der Waals surface area (Å²) in [6.45, 7) is 4.70. The molecule has 3 aromatic rings. The van der Waals surface area contributed by atoms with E-state index in [1.807, 2.05) is 18.2 Å². The van der Waals surface area contributed by atoms with E-state index in [1.54, 1.807) is 28.3 Å². The normalized spacial score (nSPS) is 15.2. The second-order valence-corrected chi connectivity index (χ2v) is 10.6. The first-order valence-electron chi connectivity index (χ1n) is 13.0. The molecule has 0 saturated carbocycles. The molecule has 10 heteroatoms. The molecular weight excluding hydrogens is 504 g/mol. The smallest absolute Gasteiger partial charge is 0.253 e. The van der Waals surface area contributed by atoms with Crippen LogP contribution in [0.15, 0.2) is 36.7 Å². The van der Waals surface area contributed by atoms with Crippen LogP contribution in [0.5, 0.6) is 0 Å². The summed E-state index contributed by atoms with van der Waals surface area (Å²) in [6.07, 6.45) is 6.53. The topological polar surface area (TPSA) is 115 Å². The van der Waals surface area contributed by atoms with Crippen LogP contribution in [0, 0.1) is 11.3 Å². The third-order valence-corrected chi connectivity index (χ3v) is 6.98. The van der Waals surface area contributed by atoms with Crippen molar-refractivity contribution >= 4 is 40.1 Å². The van der Waals surface area contributed by atoms with Crippen LogP contribution < -0.4 is 4.90 Å². The number of benzene rings is 1. The number of pyridine rings is 1. The fraction of sp³-hybridized carbons (Fsp3) is 0.464. The number of carbonyl (C=O) groups is 2. The first-order chi connectivity index (χ1) is 18.2. The van der Waals surface area contributed by atoms with E-state index in [0.717, 1.165) is 22.3 Å². The SMILES string of the molecule is CC(C)(O)C(=O)N1CCCC(=O)N(Cc2nc3cc(Cl)ccc3n2CCCC#N)c2cnccc2CCC1. The van der Waals surface area contributed by atoms with E-state index in [4.69, 9.17) is 21.8 Å². The van der Waals surface area contributed by atoms with Gasteiger partial charge in [0.05, 0.1) is 35.5 Å². The number of aromatic nitrogens is 3. The van der Waals surface area contributed by atoms with Gasteiger partial charge in [-0.3, -0.25) is 14.6 Å². The number of anilines is 1. The van der Waals surface area contributed by atoms with Crippen LogP contribution in [-0.2, 0) is 29.1 Å². The Labute approximate surface area is 227 Å². The molecule has 200 valence electrons. The van der Waals surface area contributed by atoms with Crippen molar-refractivity contribution in [1.82, 2.24) is 19.4 Å². The summed E-state index contributed by atoms with van der Waals surface area (Å²) in [5.74, 6) is 0.281. The van der Waals surface area contributed by atoms with Gasteiger partial charge in [-0.1, -0.05) is 11.6 Å². The molecule has 1 aromatic carbocycles. The number of rotatable bonds is 6. The van der Waals surface area contributed by atoms with Crippen molar-refractivity contribution < 1.29 is 14.7 Å². The Morgan fingerprint density at radius 1 is 1.21 bits per heavy atom. The molecule has 4 rings (SSSR count). The first kappa shape index (κ1) is 27.6. The van der Waals surface area contributed by atoms with Gasteiger partial charge in [-0.15, -0.1) is 0 Å². The lowest BCUT2D eigenvalue weighted by Crippen LogP contribution is -2.46. The molecule has 1 aliphatic rings. The van der Waals surface area contributed by atoms with Crippen molar-refractivity contribution in [2.75, 3.05) is 18.0 Å². The maximum Gasteiger partial charge on any atom is 0.253 e. The molecule has 0 saturated heterocycles. The van der Waals surface area contributed by atoms with Crippen molar-refractivity contribution in [2.24, 2.45) is 0 Å². The lowest BCUT2D eigenvalue weighted by atomic mass is 10.1. The summed E-state index contributed by atoms with van der Waals surface area (Å²) >= 11 is 6.23. The second kappa shape index (κ2) is 11.9. The molecular formula is C28H33ClN6O3. The number of fused-ring (bicyclic) bond motifs is 2. The molecule has 2 amide bonds. The maximum atomic E-state index is 13.7. The number of hydrogen-bond donors (Lipinski definition) is 1. The van der Waals surface area contributed by atoms with Gasteiger partial charge in [-0.05, 0) is 69.4 Å². The summed E-state index contributed by atoms with van der Waals surface area (Å²) in [5, 5.41) is 19.9. The van der Waals surface area contributed by atoms with Gasteiger partial charge in [0.1, 0.15) is 11.4 Å². The van der Waals surface area contributed by atoms with Crippen molar-refractivity contribution in [3.63, 3.8) is 0 Å². The number of nitrogens with zero attached hydrogens (tertiary/aromatic N) is 6. The van der Waals surface area contributed by atoms with Crippen molar-refractivity contribution in [2.45, 2.75) is 71.1 Å². The van der Waals surface area contributed by atoms with Gasteiger partial charge in [0.2, 0.25) is 5.91 Å². The van der Waals surface area contributed by atoms with Crippen LogP contribution in [0.25, 0.3) is 11.0 Å². The average Bonchev–Trinajstić information content (AvgIpc) is 3.20. The minimum atomic E-state index is -1.47. The van der Waals surface area contributed by atoms with Gasteiger partial charge in [0, 0.05) is 43.7 Å². The summed E-state index contributed by atoms with van der Waals surface area (Å²) in [6, 6.07) is 9.63. The number of carbonyl (C=O) groups excluding carboxylic acids is 2. The zero-order valence-electron chi connectivity index (χ0n) is 21.9. The van der Waals surface area contributed by atoms with Crippen LogP contribution in [0.4, 0.5) is 5.69 Å². The molecule has 2 aromatic heterocycles. The minimum Gasteiger partial charge on any atom is -0.381 e. The number of imidazole rings is 1. The lowest BCUT2D eigenvalue weighted by Gasteiger charge is -2.28. The van der Waals surface area contributed by atoms with Crippen LogP contribution in [-0.4, -0.2) is 55.0 Å². The van der Waals surface area contributed by atoms with Gasteiger partial charge in [0.15, 0.2) is 0 Å². The number of nitriles is 1. The number of unbranched alkanes of at least 4 members (excludes halogenated alkanes) is 1. The molecule has 9 nitrogen and oxygen atoms in total. The molecule has 0 radical (unpaired) electrons. The van der Waals surface area contributed by atoms with Crippen LogP contribution >= 0.6 is 11.6 Å². The van der Waals surface area contributed by atoms with Gasteiger partial charge < -0.3 is 19.5 Å². The van der Waals surface area contributed by atoms with E-state index in [2.05, 4.69) is 15.6 Å². The molecule has 1 aliphatic heterocycles. The number of aliphatic hydroxyl groups is 1. The number of aryl methyl sites for hydroxylation is 2. The number of hydrogen-bond acceptors (Lipinski definition) is 6. The predicted octanol–water partition coefficient (Wildman–Crippen LogP) is 4.25. The Hall–Kier alpha value is -3.48. The van der Waals surface area contributed by atoms with Gasteiger partial charge >= 0.3 is 0 Å². The molecule has 0 aliphatic carbocycles. The number of amides is 2. The minimum absolute atomic E-state index is 0.0922. The predicted molar refractivity (Wildman–Crippen MR) is 145 cm³/mol. The first-order valence-corrected chi connectivity index (χ1v) is 13.3. The molecule has 38 heavy (non-hydrogen) atoms. The highest BCUT2D eigenvalue weighted by atomic mass is 35.5. The molecule has 0 bridgehead atoms. The van der Waals surface area contributed by atoms with E-state index in [9.17, 15) is 14.7 Å². The second-order valence-electron chi connectivity index (χ2n) is 10.1. The largest absolute Gasteiger partial charge is 0.381 e. The molecule has 3 heterocycles. The summed E-state index contributed by atoms with van der Waals surface area (Å²) < 4.78 is 2.06. The Morgan fingerprint density at radius 2 is 1.97 bits per heavy atom. The molecule has 0 spiro atoms. The standard InChI is InChI=1S/C28H33ClN6O3/c1-28(2,38)27(37)33-14-5-7-20-11-13-31-18-24(20)35(26(36)8-6-15-33)19-25-32-22-17-21(29)9-10-23(22)34(25)16-4-3-12-30/h9-11,13,17-18,38H,3-8,14-16,19H2,1-2H3. The molecule has 1 N–H and O–H groups in total. The zero-order valence-corrected chi connectivity index (χ0v) is 22.6. The fourth-order valence-electron chi connectivity index (χ4n) is 4.88. The van der Waals surface area contributed by atoms with E-state index in [0.29, 0.717) is 62.6 Å². The highest BCUT2D eigenvalue weighted by Gasteiger charge is 2.30. The van der Waals surface area contributed by atoms with E-state index >= 15 is 0 Å². The highest BCUT2D eigenvalue weighted by Crippen LogP contribution is 2.28. The quantitative estimate of drug-likeness (QED) is 0.471. The van der Waals surface area contributed by atoms with Crippen LogP contribution in [0.3, 0.4) is 0 Å². The Balaban J connectivity index is 1.68. The summed E-state index contributed by atoms with van der Waals surface area (Å²) in [5.41, 5.74) is 1.86. The summed E-state index contributed by atoms with van der Waals surface area (Å²) in [4.78, 5) is 39.0. The Kier molecular flexibility index (Phi) is 8.65. The Bertz CT molecular complexity index is 1360.